The summed E-state index contributed by atoms with van der Waals surface area (Å²) >= 11 is 3.09. The predicted octanol–water partition coefficient (Wildman–Crippen LogP) is 4.89. The summed E-state index contributed by atoms with van der Waals surface area (Å²) in [6.45, 7) is 5.97. The van der Waals surface area contributed by atoms with Crippen LogP contribution in [0.4, 0.5) is 10.1 Å². The van der Waals surface area contributed by atoms with Gasteiger partial charge in [-0.3, -0.25) is 0 Å². The third-order valence-corrected chi connectivity index (χ3v) is 3.64. The van der Waals surface area contributed by atoms with Crippen LogP contribution in [0.3, 0.4) is 0 Å². The molecule has 0 saturated heterocycles. The summed E-state index contributed by atoms with van der Waals surface area (Å²) in [7, 11) is 0. The molecule has 2 nitrogen and oxygen atoms in total. The van der Waals surface area contributed by atoms with Crippen LogP contribution in [0.15, 0.2) is 28.7 Å². The van der Waals surface area contributed by atoms with E-state index < -0.39 is 5.82 Å². The van der Waals surface area contributed by atoms with Crippen LogP contribution in [-0.4, -0.2) is 0 Å². The van der Waals surface area contributed by atoms with Crippen LogP contribution in [0.2, 0.25) is 0 Å². The van der Waals surface area contributed by atoms with Crippen molar-refractivity contribution in [2.75, 3.05) is 5.73 Å². The van der Waals surface area contributed by atoms with Crippen LogP contribution < -0.4 is 10.5 Å². The monoisotopic (exact) mass is 323 g/mol. The Morgan fingerprint density at radius 1 is 1.05 bits per heavy atom. The molecule has 2 N–H and O–H groups in total. The summed E-state index contributed by atoms with van der Waals surface area (Å²) in [5, 5.41) is 0. The molecule has 0 heterocycles. The summed E-state index contributed by atoms with van der Waals surface area (Å²) in [6, 6.07) is 6.79. The first kappa shape index (κ1) is 13.9. The van der Waals surface area contributed by atoms with Gasteiger partial charge in [0.2, 0.25) is 0 Å². The molecule has 0 fully saturated rings. The van der Waals surface area contributed by atoms with Crippen LogP contribution in [0.25, 0.3) is 0 Å². The van der Waals surface area contributed by atoms with Crippen molar-refractivity contribution in [3.63, 3.8) is 0 Å². The van der Waals surface area contributed by atoms with Gasteiger partial charge in [0.25, 0.3) is 0 Å². The Morgan fingerprint density at radius 2 is 1.74 bits per heavy atom. The highest BCUT2D eigenvalue weighted by molar-refractivity contribution is 9.10. The lowest BCUT2D eigenvalue weighted by atomic mass is 10.1. The van der Waals surface area contributed by atoms with E-state index in [4.69, 9.17) is 10.5 Å². The lowest BCUT2D eigenvalue weighted by Crippen LogP contribution is -1.96. The van der Waals surface area contributed by atoms with E-state index in [9.17, 15) is 4.39 Å². The van der Waals surface area contributed by atoms with Gasteiger partial charge in [-0.1, -0.05) is 6.07 Å². The van der Waals surface area contributed by atoms with E-state index >= 15 is 0 Å². The van der Waals surface area contributed by atoms with Gasteiger partial charge >= 0.3 is 0 Å². The molecule has 0 spiro atoms. The van der Waals surface area contributed by atoms with E-state index in [0.717, 1.165) is 16.7 Å². The number of anilines is 1. The van der Waals surface area contributed by atoms with Crippen molar-refractivity contribution in [1.82, 2.24) is 0 Å². The molecule has 0 atom stereocenters. The summed E-state index contributed by atoms with van der Waals surface area (Å²) < 4.78 is 19.6. The molecule has 4 heteroatoms. The van der Waals surface area contributed by atoms with Gasteiger partial charge in [0, 0.05) is 6.07 Å². The van der Waals surface area contributed by atoms with Gasteiger partial charge in [0.1, 0.15) is 11.6 Å². The molecule has 2 rings (SSSR count). The van der Waals surface area contributed by atoms with Crippen LogP contribution in [0.5, 0.6) is 11.5 Å². The van der Waals surface area contributed by atoms with Gasteiger partial charge in [-0.25, -0.2) is 4.39 Å². The molecule has 0 aliphatic heterocycles. The maximum absolute atomic E-state index is 13.5. The second-order valence-corrected chi connectivity index (χ2v) is 5.47. The Hall–Kier alpha value is -1.55. The Bertz CT molecular complexity index is 641. The van der Waals surface area contributed by atoms with E-state index in [1.54, 1.807) is 0 Å². The van der Waals surface area contributed by atoms with E-state index in [0.29, 0.717) is 21.7 Å². The molecular formula is C15H15BrFNO. The van der Waals surface area contributed by atoms with Gasteiger partial charge in [0.15, 0.2) is 5.75 Å². The number of benzene rings is 2. The Labute approximate surface area is 120 Å². The quantitative estimate of drug-likeness (QED) is 0.799. The number of ether oxygens (including phenoxy) is 1. The van der Waals surface area contributed by atoms with Crippen LogP contribution in [-0.2, 0) is 0 Å². The molecular weight excluding hydrogens is 309 g/mol. The predicted molar refractivity (Wildman–Crippen MR) is 79.2 cm³/mol. The van der Waals surface area contributed by atoms with E-state index in [1.807, 2.05) is 26.8 Å². The summed E-state index contributed by atoms with van der Waals surface area (Å²) in [5.41, 5.74) is 9.48. The number of halogens is 2. The number of nitrogen functional groups attached to an aromatic ring is 1. The topological polar surface area (TPSA) is 35.2 Å². The average molecular weight is 324 g/mol. The molecule has 0 aliphatic rings. The Kier molecular flexibility index (Phi) is 3.80. The molecule has 0 bridgehead atoms. The lowest BCUT2D eigenvalue weighted by Gasteiger charge is -2.14. The van der Waals surface area contributed by atoms with Gasteiger partial charge in [-0.2, -0.15) is 0 Å². The molecule has 0 unspecified atom stereocenters. The minimum atomic E-state index is -0.397. The smallest absolute Gasteiger partial charge is 0.153 e. The number of hydrogen-bond donors (Lipinski definition) is 1. The third kappa shape index (κ3) is 2.89. The first-order valence-corrected chi connectivity index (χ1v) is 6.68. The molecule has 0 saturated carbocycles. The summed E-state index contributed by atoms with van der Waals surface area (Å²) in [5.74, 6) is 0.631. The van der Waals surface area contributed by atoms with Crippen molar-refractivity contribution < 1.29 is 9.13 Å². The second kappa shape index (κ2) is 5.21. The second-order valence-electron chi connectivity index (χ2n) is 4.61. The number of nitrogens with two attached hydrogens (primary N) is 1. The van der Waals surface area contributed by atoms with E-state index in [1.165, 1.54) is 12.1 Å². The maximum atomic E-state index is 13.5. The highest BCUT2D eigenvalue weighted by Gasteiger charge is 2.11. The molecule has 2 aromatic carbocycles. The van der Waals surface area contributed by atoms with E-state index in [2.05, 4.69) is 22.0 Å². The SMILES string of the molecule is Cc1cc(C)c(C)c(Oc2cc(F)c(Br)cc2N)c1. The molecule has 0 radical (unpaired) electrons. The standard InChI is InChI=1S/C15H15BrFNO/c1-8-4-9(2)10(3)14(5-8)19-15-7-12(17)11(16)6-13(15)18/h4-7H,18H2,1-3H3. The Morgan fingerprint density at radius 3 is 2.42 bits per heavy atom. The number of aryl methyl sites for hydroxylation is 2. The fraction of sp³-hybridized carbons (Fsp3) is 0.200. The minimum Gasteiger partial charge on any atom is -0.455 e. The van der Waals surface area contributed by atoms with Crippen LogP contribution in [0.1, 0.15) is 16.7 Å². The van der Waals surface area contributed by atoms with Crippen LogP contribution >= 0.6 is 15.9 Å². The zero-order valence-electron chi connectivity index (χ0n) is 11.1. The van der Waals surface area contributed by atoms with Gasteiger partial charge < -0.3 is 10.5 Å². The first-order chi connectivity index (χ1) is 8.88. The third-order valence-electron chi connectivity index (χ3n) is 3.04. The van der Waals surface area contributed by atoms with Crippen molar-refractivity contribution in [2.45, 2.75) is 20.8 Å². The average Bonchev–Trinajstić information content (AvgIpc) is 2.32. The highest BCUT2D eigenvalue weighted by atomic mass is 79.9. The largest absolute Gasteiger partial charge is 0.455 e. The summed E-state index contributed by atoms with van der Waals surface area (Å²) in [6.07, 6.45) is 0. The van der Waals surface area contributed by atoms with Crippen molar-refractivity contribution in [2.24, 2.45) is 0 Å². The van der Waals surface area contributed by atoms with Gasteiger partial charge in [-0.05, 0) is 65.5 Å². The minimum absolute atomic E-state index is 0.328. The lowest BCUT2D eigenvalue weighted by molar-refractivity contribution is 0.474. The molecule has 19 heavy (non-hydrogen) atoms. The number of rotatable bonds is 2. The molecule has 0 amide bonds. The van der Waals surface area contributed by atoms with Gasteiger partial charge in [-0.15, -0.1) is 0 Å². The van der Waals surface area contributed by atoms with Crippen molar-refractivity contribution in [3.8, 4) is 11.5 Å². The van der Waals surface area contributed by atoms with Crippen LogP contribution in [0, 0.1) is 26.6 Å². The first-order valence-electron chi connectivity index (χ1n) is 5.88. The zero-order chi connectivity index (χ0) is 14.2. The van der Waals surface area contributed by atoms with Crippen molar-refractivity contribution in [3.05, 3.63) is 51.2 Å². The molecule has 0 aromatic heterocycles. The van der Waals surface area contributed by atoms with E-state index in [-0.39, 0.29) is 0 Å². The normalized spacial score (nSPS) is 10.6. The van der Waals surface area contributed by atoms with Crippen molar-refractivity contribution >= 4 is 21.6 Å². The number of hydrogen-bond acceptors (Lipinski definition) is 2. The van der Waals surface area contributed by atoms with Gasteiger partial charge in [0.05, 0.1) is 10.2 Å². The molecule has 0 aliphatic carbocycles. The maximum Gasteiger partial charge on any atom is 0.153 e. The summed E-state index contributed by atoms with van der Waals surface area (Å²) in [4.78, 5) is 0. The molecule has 100 valence electrons. The Balaban J connectivity index is 2.44. The highest BCUT2D eigenvalue weighted by Crippen LogP contribution is 2.34. The zero-order valence-corrected chi connectivity index (χ0v) is 12.6. The van der Waals surface area contributed by atoms with Crippen molar-refractivity contribution in [1.29, 1.82) is 0 Å². The fourth-order valence-electron chi connectivity index (χ4n) is 1.86. The fourth-order valence-corrected chi connectivity index (χ4v) is 2.22. The molecule has 2 aromatic rings.